The highest BCUT2D eigenvalue weighted by atomic mass is 16.6. The number of likely N-dealkylation sites (tertiary alicyclic amines) is 1. The van der Waals surface area contributed by atoms with E-state index in [4.69, 9.17) is 24.7 Å². The van der Waals surface area contributed by atoms with Gasteiger partial charge in [-0.2, -0.15) is 0 Å². The number of benzene rings is 2. The van der Waals surface area contributed by atoms with Gasteiger partial charge in [0.25, 0.3) is 0 Å². The molecule has 3 amide bonds. The van der Waals surface area contributed by atoms with E-state index in [1.54, 1.807) is 18.2 Å². The second-order valence-corrected chi connectivity index (χ2v) is 7.03. The molecule has 0 radical (unpaired) electrons. The average molecular weight is 443 g/mol. The third-order valence-electron chi connectivity index (χ3n) is 5.05. The molecule has 2 aromatic carbocycles. The maximum absolute atomic E-state index is 12.8. The number of rotatable bonds is 9. The summed E-state index contributed by atoms with van der Waals surface area (Å²) in [4.78, 5) is 37.6. The number of carbonyl (C=O) groups excluding carboxylic acids is 3. The van der Waals surface area contributed by atoms with Crippen LogP contribution < -0.4 is 20.5 Å². The van der Waals surface area contributed by atoms with Crippen molar-refractivity contribution in [1.82, 2.24) is 10.2 Å². The molecule has 32 heavy (non-hydrogen) atoms. The van der Waals surface area contributed by atoms with Crippen LogP contribution in [0.15, 0.2) is 48.5 Å². The molecule has 1 heterocycles. The lowest BCUT2D eigenvalue weighted by Crippen LogP contribution is -2.71. The first-order valence-electron chi connectivity index (χ1n) is 9.83. The topological polar surface area (TPSA) is 129 Å². The number of primary amides is 1. The Balaban J connectivity index is 1.66. The normalized spacial score (nSPS) is 17.2. The van der Waals surface area contributed by atoms with E-state index in [9.17, 15) is 14.4 Å². The van der Waals surface area contributed by atoms with E-state index in [2.05, 4.69) is 5.32 Å². The molecule has 3 N–H and O–H groups in total. The number of nitrogens with zero attached hydrogens (tertiary/aromatic N) is 1. The molecular formula is C22H25N3O7. The molecule has 3 rings (SSSR count). The van der Waals surface area contributed by atoms with Crippen LogP contribution in [0.3, 0.4) is 0 Å². The molecule has 10 nitrogen and oxygen atoms in total. The van der Waals surface area contributed by atoms with Crippen LogP contribution in [0.5, 0.6) is 11.5 Å². The zero-order valence-electron chi connectivity index (χ0n) is 17.8. The third kappa shape index (κ3) is 5.39. The standard InChI is InChI=1S/C22H25N3O7/c1-29-16-9-8-15(18(10-16)30-2)11-25-17(13-31-21(23)27)19(20(25)26)24-22(28)32-12-14-6-4-3-5-7-14/h3-10,17,19H,11-13H2,1-2H3,(H2,23,27)(H,24,28)/t17-,19+/m0/s1. The molecule has 1 aliphatic heterocycles. The number of nitrogens with one attached hydrogen (secondary N) is 1. The van der Waals surface area contributed by atoms with E-state index in [0.717, 1.165) is 11.1 Å². The average Bonchev–Trinajstić information content (AvgIpc) is 2.81. The van der Waals surface area contributed by atoms with Gasteiger partial charge in [-0.05, 0) is 17.7 Å². The first-order valence-corrected chi connectivity index (χ1v) is 9.83. The Kier molecular flexibility index (Phi) is 7.37. The lowest BCUT2D eigenvalue weighted by atomic mass is 9.94. The maximum Gasteiger partial charge on any atom is 0.408 e. The molecule has 1 fully saturated rings. The Morgan fingerprint density at radius 2 is 1.81 bits per heavy atom. The summed E-state index contributed by atoms with van der Waals surface area (Å²) in [5.41, 5.74) is 6.61. The molecule has 0 aliphatic carbocycles. The summed E-state index contributed by atoms with van der Waals surface area (Å²) in [6, 6.07) is 12.8. The minimum Gasteiger partial charge on any atom is -0.497 e. The molecule has 0 spiro atoms. The molecule has 2 atom stereocenters. The van der Waals surface area contributed by atoms with Gasteiger partial charge in [0.15, 0.2) is 0 Å². The van der Waals surface area contributed by atoms with Gasteiger partial charge in [0.2, 0.25) is 5.91 Å². The molecule has 10 heteroatoms. The number of carbonyl (C=O) groups is 3. The Morgan fingerprint density at radius 3 is 2.47 bits per heavy atom. The second-order valence-electron chi connectivity index (χ2n) is 7.03. The summed E-state index contributed by atoms with van der Waals surface area (Å²) in [6.45, 7) is 0.0575. The van der Waals surface area contributed by atoms with Gasteiger partial charge in [-0.3, -0.25) is 4.79 Å². The summed E-state index contributed by atoms with van der Waals surface area (Å²) >= 11 is 0. The van der Waals surface area contributed by atoms with Gasteiger partial charge in [0.1, 0.15) is 30.8 Å². The fourth-order valence-corrected chi connectivity index (χ4v) is 3.37. The fraction of sp³-hybridized carbons (Fsp3) is 0.318. The Labute approximate surface area is 185 Å². The maximum atomic E-state index is 12.8. The highest BCUT2D eigenvalue weighted by molar-refractivity contribution is 5.92. The van der Waals surface area contributed by atoms with Crippen LogP contribution in [0.4, 0.5) is 9.59 Å². The molecule has 0 bridgehead atoms. The van der Waals surface area contributed by atoms with Crippen molar-refractivity contribution in [3.8, 4) is 11.5 Å². The van der Waals surface area contributed by atoms with Gasteiger partial charge < -0.3 is 34.9 Å². The Hall–Kier alpha value is -3.95. The van der Waals surface area contributed by atoms with Crippen molar-refractivity contribution in [3.05, 3.63) is 59.7 Å². The van der Waals surface area contributed by atoms with Crippen LogP contribution in [-0.2, 0) is 27.4 Å². The summed E-state index contributed by atoms with van der Waals surface area (Å²) in [5.74, 6) is 0.790. The van der Waals surface area contributed by atoms with Crippen LogP contribution in [-0.4, -0.2) is 55.9 Å². The summed E-state index contributed by atoms with van der Waals surface area (Å²) in [5, 5.41) is 2.54. The minimum absolute atomic E-state index is 0.0583. The Bertz CT molecular complexity index is 967. The molecule has 1 aliphatic rings. The van der Waals surface area contributed by atoms with E-state index in [-0.39, 0.29) is 25.7 Å². The van der Waals surface area contributed by atoms with Crippen molar-refractivity contribution >= 4 is 18.1 Å². The van der Waals surface area contributed by atoms with Gasteiger partial charge in [-0.15, -0.1) is 0 Å². The molecule has 0 aromatic heterocycles. The van der Waals surface area contributed by atoms with Gasteiger partial charge in [-0.25, -0.2) is 9.59 Å². The van der Waals surface area contributed by atoms with Crippen molar-refractivity contribution < 1.29 is 33.3 Å². The zero-order valence-corrected chi connectivity index (χ0v) is 17.8. The first kappa shape index (κ1) is 22.7. The highest BCUT2D eigenvalue weighted by Crippen LogP contribution is 2.30. The van der Waals surface area contributed by atoms with Crippen molar-refractivity contribution in [2.24, 2.45) is 5.73 Å². The van der Waals surface area contributed by atoms with Gasteiger partial charge in [-0.1, -0.05) is 30.3 Å². The molecule has 1 saturated heterocycles. The van der Waals surface area contributed by atoms with Gasteiger partial charge in [0, 0.05) is 18.2 Å². The van der Waals surface area contributed by atoms with E-state index in [1.165, 1.54) is 19.1 Å². The zero-order chi connectivity index (χ0) is 23.1. The van der Waals surface area contributed by atoms with Crippen molar-refractivity contribution in [2.45, 2.75) is 25.2 Å². The molecule has 170 valence electrons. The van der Waals surface area contributed by atoms with Crippen LogP contribution in [0.1, 0.15) is 11.1 Å². The van der Waals surface area contributed by atoms with Crippen LogP contribution >= 0.6 is 0 Å². The molecule has 0 saturated carbocycles. The molecular weight excluding hydrogens is 418 g/mol. The number of methoxy groups -OCH3 is 2. The number of nitrogens with two attached hydrogens (primary N) is 1. The Morgan fingerprint density at radius 1 is 1.06 bits per heavy atom. The minimum atomic E-state index is -0.975. The van der Waals surface area contributed by atoms with E-state index in [1.807, 2.05) is 30.3 Å². The smallest absolute Gasteiger partial charge is 0.408 e. The second kappa shape index (κ2) is 10.4. The van der Waals surface area contributed by atoms with Crippen molar-refractivity contribution in [3.63, 3.8) is 0 Å². The van der Waals surface area contributed by atoms with E-state index >= 15 is 0 Å². The fourth-order valence-electron chi connectivity index (χ4n) is 3.37. The van der Waals surface area contributed by atoms with Gasteiger partial charge >= 0.3 is 12.2 Å². The first-order chi connectivity index (χ1) is 15.4. The van der Waals surface area contributed by atoms with Crippen LogP contribution in [0.25, 0.3) is 0 Å². The highest BCUT2D eigenvalue weighted by Gasteiger charge is 2.49. The van der Waals surface area contributed by atoms with Crippen molar-refractivity contribution in [1.29, 1.82) is 0 Å². The largest absolute Gasteiger partial charge is 0.497 e. The number of hydrogen-bond donors (Lipinski definition) is 2. The summed E-state index contributed by atoms with van der Waals surface area (Å²) in [7, 11) is 3.05. The summed E-state index contributed by atoms with van der Waals surface area (Å²) in [6.07, 6.45) is -1.73. The third-order valence-corrected chi connectivity index (χ3v) is 5.05. The van der Waals surface area contributed by atoms with E-state index < -0.39 is 24.3 Å². The lowest BCUT2D eigenvalue weighted by Gasteiger charge is -2.46. The molecule has 2 aromatic rings. The van der Waals surface area contributed by atoms with Crippen LogP contribution in [0.2, 0.25) is 0 Å². The number of β-lactam (4-membered cyclic amide) rings is 1. The van der Waals surface area contributed by atoms with Gasteiger partial charge in [0.05, 0.1) is 20.3 Å². The van der Waals surface area contributed by atoms with Crippen molar-refractivity contribution in [2.75, 3.05) is 20.8 Å². The number of ether oxygens (including phenoxy) is 4. The number of hydrogen-bond acceptors (Lipinski definition) is 7. The lowest BCUT2D eigenvalue weighted by molar-refractivity contribution is -0.154. The number of alkyl carbamates (subject to hydrolysis) is 1. The quantitative estimate of drug-likeness (QED) is 0.565. The molecule has 0 unspecified atom stereocenters. The SMILES string of the molecule is COc1ccc(CN2C(=O)[C@H](NC(=O)OCc3ccccc3)[C@@H]2COC(N)=O)c(OC)c1. The summed E-state index contributed by atoms with van der Waals surface area (Å²) < 4.78 is 20.6. The predicted molar refractivity (Wildman–Crippen MR) is 113 cm³/mol. The number of amides is 3. The van der Waals surface area contributed by atoms with E-state index in [0.29, 0.717) is 11.5 Å². The van der Waals surface area contributed by atoms with Crippen LogP contribution in [0, 0.1) is 0 Å². The predicted octanol–water partition coefficient (Wildman–Crippen LogP) is 1.80. The monoisotopic (exact) mass is 443 g/mol.